The molecule has 1 rings (SSSR count). The molecule has 0 aliphatic rings. The van der Waals surface area contributed by atoms with E-state index in [9.17, 15) is 0 Å². The van der Waals surface area contributed by atoms with Gasteiger partial charge in [0.05, 0.1) is 6.54 Å². The fraction of sp³-hybridized carbons (Fsp3) is 0.667. The van der Waals surface area contributed by atoms with Gasteiger partial charge in [0.25, 0.3) is 0 Å². The van der Waals surface area contributed by atoms with Crippen molar-refractivity contribution in [2.75, 3.05) is 6.54 Å². The lowest BCUT2D eigenvalue weighted by molar-refractivity contribution is -0.668. The van der Waals surface area contributed by atoms with Crippen LogP contribution in [0.5, 0.6) is 0 Å². The Morgan fingerprint density at radius 2 is 2.30 bits per heavy atom. The first-order chi connectivity index (χ1) is 4.84. The van der Waals surface area contributed by atoms with Crippen molar-refractivity contribution in [3.63, 3.8) is 0 Å². The van der Waals surface area contributed by atoms with Crippen molar-refractivity contribution >= 4 is 0 Å². The Hall–Kier alpha value is -0.900. The van der Waals surface area contributed by atoms with E-state index in [4.69, 9.17) is 0 Å². The summed E-state index contributed by atoms with van der Waals surface area (Å²) in [6.45, 7) is 5.93. The summed E-state index contributed by atoms with van der Waals surface area (Å²) in [5.41, 5.74) is 1.84. The highest BCUT2D eigenvalue weighted by Crippen LogP contribution is 1.95. The van der Waals surface area contributed by atoms with Gasteiger partial charge < -0.3 is 5.32 Å². The third-order valence-corrected chi connectivity index (χ3v) is 1.37. The molecule has 0 spiro atoms. The summed E-state index contributed by atoms with van der Waals surface area (Å²) < 4.78 is 4.52. The number of aryl methyl sites for hydroxylation is 1. The molecule has 1 aromatic heterocycles. The second kappa shape index (κ2) is 3.31. The standard InChI is InChI=1S/C6H11N3O/c1-3-7-4-6-5(2)8-10-9-6/h7H,3-4H2,1-2H3/p+1. The molecule has 10 heavy (non-hydrogen) atoms. The molecule has 0 atom stereocenters. The zero-order valence-corrected chi connectivity index (χ0v) is 6.29. The number of hydrogen-bond acceptors (Lipinski definition) is 3. The van der Waals surface area contributed by atoms with E-state index in [2.05, 4.69) is 27.2 Å². The number of nitrogens with two attached hydrogens (primary N) is 1. The third kappa shape index (κ3) is 1.54. The van der Waals surface area contributed by atoms with Crippen LogP contribution in [-0.4, -0.2) is 16.9 Å². The molecule has 0 bridgehead atoms. The van der Waals surface area contributed by atoms with Crippen LogP contribution in [0.2, 0.25) is 0 Å². The van der Waals surface area contributed by atoms with Crippen LogP contribution in [0, 0.1) is 6.92 Å². The second-order valence-electron chi connectivity index (χ2n) is 2.20. The predicted octanol–water partition coefficient (Wildman–Crippen LogP) is -0.539. The summed E-state index contributed by atoms with van der Waals surface area (Å²) in [7, 11) is 0. The van der Waals surface area contributed by atoms with Gasteiger partial charge in [0.2, 0.25) is 0 Å². The molecule has 4 nitrogen and oxygen atoms in total. The lowest BCUT2D eigenvalue weighted by Gasteiger charge is -1.91. The monoisotopic (exact) mass is 142 g/mol. The molecule has 0 amide bonds. The molecule has 0 unspecified atom stereocenters. The van der Waals surface area contributed by atoms with Gasteiger partial charge in [-0.05, 0) is 19.0 Å². The van der Waals surface area contributed by atoms with E-state index in [-0.39, 0.29) is 0 Å². The van der Waals surface area contributed by atoms with E-state index in [0.717, 1.165) is 24.5 Å². The molecule has 0 fully saturated rings. The maximum Gasteiger partial charge on any atom is 0.161 e. The maximum atomic E-state index is 4.52. The number of nitrogens with zero attached hydrogens (tertiary/aromatic N) is 2. The number of rotatable bonds is 3. The lowest BCUT2D eigenvalue weighted by Crippen LogP contribution is -2.82. The fourth-order valence-electron chi connectivity index (χ4n) is 0.716. The molecule has 56 valence electrons. The van der Waals surface area contributed by atoms with Gasteiger partial charge in [0.1, 0.15) is 12.2 Å². The van der Waals surface area contributed by atoms with Gasteiger partial charge in [-0.1, -0.05) is 5.16 Å². The molecular formula is C6H12N3O+. The fourth-order valence-corrected chi connectivity index (χ4v) is 0.716. The Morgan fingerprint density at radius 1 is 1.50 bits per heavy atom. The van der Waals surface area contributed by atoms with Crippen LogP contribution < -0.4 is 5.32 Å². The van der Waals surface area contributed by atoms with E-state index in [1.807, 2.05) is 6.92 Å². The maximum absolute atomic E-state index is 4.52. The highest BCUT2D eigenvalue weighted by atomic mass is 16.6. The minimum absolute atomic E-state index is 0.867. The summed E-state index contributed by atoms with van der Waals surface area (Å²) >= 11 is 0. The molecule has 1 heterocycles. The van der Waals surface area contributed by atoms with Crippen molar-refractivity contribution in [3.05, 3.63) is 11.4 Å². The highest BCUT2D eigenvalue weighted by Gasteiger charge is 2.04. The van der Waals surface area contributed by atoms with Crippen molar-refractivity contribution in [3.8, 4) is 0 Å². The molecule has 0 saturated heterocycles. The van der Waals surface area contributed by atoms with Crippen LogP contribution >= 0.6 is 0 Å². The molecule has 4 heteroatoms. The van der Waals surface area contributed by atoms with E-state index >= 15 is 0 Å². The molecular weight excluding hydrogens is 130 g/mol. The minimum atomic E-state index is 0.867. The zero-order valence-electron chi connectivity index (χ0n) is 6.29. The summed E-state index contributed by atoms with van der Waals surface area (Å²) in [5, 5.41) is 9.54. The normalized spacial score (nSPS) is 10.2. The van der Waals surface area contributed by atoms with Crippen LogP contribution in [0.4, 0.5) is 0 Å². The topological polar surface area (TPSA) is 55.5 Å². The Bertz CT molecular complexity index is 197. The zero-order chi connectivity index (χ0) is 7.40. The first-order valence-electron chi connectivity index (χ1n) is 3.44. The quantitative estimate of drug-likeness (QED) is 0.616. The van der Waals surface area contributed by atoms with Gasteiger partial charge in [-0.3, -0.25) is 0 Å². The van der Waals surface area contributed by atoms with Gasteiger partial charge in [-0.25, -0.2) is 4.63 Å². The lowest BCUT2D eigenvalue weighted by atomic mass is 10.3. The van der Waals surface area contributed by atoms with Gasteiger partial charge in [0, 0.05) is 0 Å². The van der Waals surface area contributed by atoms with Crippen LogP contribution in [-0.2, 0) is 6.54 Å². The van der Waals surface area contributed by atoms with Crippen molar-refractivity contribution in [2.24, 2.45) is 0 Å². The van der Waals surface area contributed by atoms with Crippen molar-refractivity contribution in [1.82, 2.24) is 10.3 Å². The number of quaternary nitrogens is 1. The Labute approximate surface area is 59.6 Å². The van der Waals surface area contributed by atoms with Crippen LogP contribution in [0.1, 0.15) is 18.3 Å². The molecule has 0 aliphatic carbocycles. The summed E-state index contributed by atoms with van der Waals surface area (Å²) in [6.07, 6.45) is 0. The van der Waals surface area contributed by atoms with Gasteiger partial charge in [0.15, 0.2) is 5.69 Å². The van der Waals surface area contributed by atoms with E-state index in [1.54, 1.807) is 0 Å². The van der Waals surface area contributed by atoms with Gasteiger partial charge in [-0.2, -0.15) is 0 Å². The average Bonchev–Trinajstić information content (AvgIpc) is 2.31. The summed E-state index contributed by atoms with van der Waals surface area (Å²) in [5.74, 6) is 0. The predicted molar refractivity (Wildman–Crippen MR) is 35.2 cm³/mol. The minimum Gasteiger partial charge on any atom is -0.341 e. The van der Waals surface area contributed by atoms with E-state index < -0.39 is 0 Å². The molecule has 0 saturated carbocycles. The molecule has 0 radical (unpaired) electrons. The largest absolute Gasteiger partial charge is 0.341 e. The number of hydrogen-bond donors (Lipinski definition) is 1. The van der Waals surface area contributed by atoms with Crippen molar-refractivity contribution in [2.45, 2.75) is 20.4 Å². The third-order valence-electron chi connectivity index (χ3n) is 1.37. The molecule has 0 aliphatic heterocycles. The van der Waals surface area contributed by atoms with E-state index in [1.165, 1.54) is 0 Å². The average molecular weight is 142 g/mol. The molecule has 1 aromatic rings. The van der Waals surface area contributed by atoms with Crippen LogP contribution in [0.15, 0.2) is 4.63 Å². The van der Waals surface area contributed by atoms with Crippen LogP contribution in [0.3, 0.4) is 0 Å². The Kier molecular flexibility index (Phi) is 2.39. The molecule has 2 N–H and O–H groups in total. The van der Waals surface area contributed by atoms with Crippen molar-refractivity contribution < 1.29 is 9.95 Å². The molecule has 0 aromatic carbocycles. The summed E-state index contributed by atoms with van der Waals surface area (Å²) in [4.78, 5) is 0. The SMILES string of the molecule is CC[NH2+]Cc1nonc1C. The van der Waals surface area contributed by atoms with E-state index in [0.29, 0.717) is 0 Å². The smallest absolute Gasteiger partial charge is 0.161 e. The summed E-state index contributed by atoms with van der Waals surface area (Å²) in [6, 6.07) is 0. The van der Waals surface area contributed by atoms with Gasteiger partial charge >= 0.3 is 0 Å². The first-order valence-corrected chi connectivity index (χ1v) is 3.44. The Balaban J connectivity index is 2.49. The van der Waals surface area contributed by atoms with Crippen LogP contribution in [0.25, 0.3) is 0 Å². The highest BCUT2D eigenvalue weighted by molar-refractivity contribution is 5.01. The number of aromatic nitrogens is 2. The van der Waals surface area contributed by atoms with Gasteiger partial charge in [-0.15, -0.1) is 0 Å². The first kappa shape index (κ1) is 7.21. The Morgan fingerprint density at radius 3 is 2.80 bits per heavy atom. The van der Waals surface area contributed by atoms with Crippen molar-refractivity contribution in [1.29, 1.82) is 0 Å². The second-order valence-corrected chi connectivity index (χ2v) is 2.20.